The third-order valence-corrected chi connectivity index (χ3v) is 1.23. The van der Waals surface area contributed by atoms with Crippen LogP contribution in [0.5, 0.6) is 0 Å². The minimum atomic E-state index is 1.12. The van der Waals surface area contributed by atoms with Gasteiger partial charge < -0.3 is 0 Å². The van der Waals surface area contributed by atoms with E-state index in [2.05, 4.69) is 4.98 Å². The van der Waals surface area contributed by atoms with E-state index >= 15 is 0 Å². The summed E-state index contributed by atoms with van der Waals surface area (Å²) in [5, 5.41) is 0. The highest BCUT2D eigenvalue weighted by Crippen LogP contribution is 1.86. The molecule has 0 saturated heterocycles. The van der Waals surface area contributed by atoms with Crippen molar-refractivity contribution in [3.8, 4) is 0 Å². The van der Waals surface area contributed by atoms with Crippen molar-refractivity contribution in [3.63, 3.8) is 0 Å². The van der Waals surface area contributed by atoms with E-state index in [-0.39, 0.29) is 0 Å². The summed E-state index contributed by atoms with van der Waals surface area (Å²) in [7, 11) is 2.01. The van der Waals surface area contributed by atoms with E-state index in [9.17, 15) is 0 Å². The molecule has 0 saturated carbocycles. The maximum atomic E-state index is 3.08. The molecule has 0 radical (unpaired) electrons. The van der Waals surface area contributed by atoms with Crippen LogP contribution in [0.3, 0.4) is 0 Å². The Morgan fingerprint density at radius 1 is 1.67 bits per heavy atom. The van der Waals surface area contributed by atoms with Gasteiger partial charge in [0.1, 0.15) is 12.4 Å². The first-order chi connectivity index (χ1) is 4.34. The van der Waals surface area contributed by atoms with E-state index < -0.39 is 0 Å². The van der Waals surface area contributed by atoms with E-state index in [1.54, 1.807) is 0 Å². The number of nitrogens with one attached hydrogen (secondary N) is 1. The minimum Gasteiger partial charge on any atom is -0.244 e. The standard InChI is InChI=1S/C7H10N2/c1-3-4-7-8-5-6-9(7)2/h3-6H,1-2H3/p+1/b4-3+. The molecule has 0 aliphatic carbocycles. The molecular weight excluding hydrogens is 112 g/mol. The van der Waals surface area contributed by atoms with Crippen LogP contribution in [0.15, 0.2) is 18.5 Å². The lowest BCUT2D eigenvalue weighted by atomic mass is 10.5. The van der Waals surface area contributed by atoms with Gasteiger partial charge in [0.15, 0.2) is 0 Å². The van der Waals surface area contributed by atoms with Gasteiger partial charge in [0, 0.05) is 6.08 Å². The average Bonchev–Trinajstić information content (AvgIpc) is 2.18. The van der Waals surface area contributed by atoms with Gasteiger partial charge in [0.05, 0.1) is 7.05 Å². The van der Waals surface area contributed by atoms with Gasteiger partial charge in [0.2, 0.25) is 0 Å². The highest BCUT2D eigenvalue weighted by molar-refractivity contribution is 5.35. The van der Waals surface area contributed by atoms with Crippen LogP contribution in [0.25, 0.3) is 6.08 Å². The van der Waals surface area contributed by atoms with Crippen LogP contribution in [-0.4, -0.2) is 4.98 Å². The van der Waals surface area contributed by atoms with Gasteiger partial charge in [-0.1, -0.05) is 6.08 Å². The number of rotatable bonds is 1. The van der Waals surface area contributed by atoms with Crippen LogP contribution in [0.2, 0.25) is 0 Å². The van der Waals surface area contributed by atoms with Gasteiger partial charge in [-0.15, -0.1) is 0 Å². The summed E-state index contributed by atoms with van der Waals surface area (Å²) in [5.41, 5.74) is 0. The number of allylic oxidation sites excluding steroid dienone is 1. The second-order valence-electron chi connectivity index (χ2n) is 1.96. The molecule has 9 heavy (non-hydrogen) atoms. The van der Waals surface area contributed by atoms with Crippen molar-refractivity contribution in [2.45, 2.75) is 6.92 Å². The molecule has 1 aromatic heterocycles. The van der Waals surface area contributed by atoms with Crippen molar-refractivity contribution >= 4 is 6.08 Å². The first kappa shape index (κ1) is 6.08. The number of imidazole rings is 1. The smallest absolute Gasteiger partial charge is 0.244 e. The Hall–Kier alpha value is -1.05. The lowest BCUT2D eigenvalue weighted by Crippen LogP contribution is -2.28. The fraction of sp³-hybridized carbons (Fsp3) is 0.286. The third-order valence-electron chi connectivity index (χ3n) is 1.23. The van der Waals surface area contributed by atoms with Gasteiger partial charge >= 0.3 is 0 Å². The second-order valence-corrected chi connectivity index (χ2v) is 1.96. The van der Waals surface area contributed by atoms with Crippen LogP contribution in [0.4, 0.5) is 0 Å². The van der Waals surface area contributed by atoms with Gasteiger partial charge in [-0.3, -0.25) is 0 Å². The molecule has 0 bridgehead atoms. The molecule has 0 fully saturated rings. The average molecular weight is 123 g/mol. The zero-order valence-electron chi connectivity index (χ0n) is 5.76. The van der Waals surface area contributed by atoms with Crippen molar-refractivity contribution in [2.75, 3.05) is 0 Å². The van der Waals surface area contributed by atoms with Crippen LogP contribution in [0, 0.1) is 0 Å². The molecule has 1 aromatic rings. The van der Waals surface area contributed by atoms with Crippen molar-refractivity contribution in [1.82, 2.24) is 4.98 Å². The highest BCUT2D eigenvalue weighted by atomic mass is 15.0. The molecule has 1 heterocycles. The Bertz CT molecular complexity index is 210. The Morgan fingerprint density at radius 3 is 2.89 bits per heavy atom. The van der Waals surface area contributed by atoms with E-state index in [0.29, 0.717) is 0 Å². The van der Waals surface area contributed by atoms with Crippen molar-refractivity contribution < 1.29 is 4.57 Å². The zero-order valence-corrected chi connectivity index (χ0v) is 5.76. The van der Waals surface area contributed by atoms with Crippen molar-refractivity contribution in [1.29, 1.82) is 0 Å². The molecule has 0 atom stereocenters. The summed E-state index contributed by atoms with van der Waals surface area (Å²) >= 11 is 0. The Labute approximate surface area is 54.8 Å². The summed E-state index contributed by atoms with van der Waals surface area (Å²) in [4.78, 5) is 3.08. The first-order valence-corrected chi connectivity index (χ1v) is 3.00. The van der Waals surface area contributed by atoms with Crippen LogP contribution in [0.1, 0.15) is 12.7 Å². The molecule has 0 amide bonds. The lowest BCUT2D eigenvalue weighted by molar-refractivity contribution is -0.671. The number of aryl methyl sites for hydroxylation is 1. The molecule has 0 aromatic carbocycles. The van der Waals surface area contributed by atoms with Crippen LogP contribution < -0.4 is 4.57 Å². The summed E-state index contributed by atoms with van der Waals surface area (Å²) < 4.78 is 2.03. The number of nitrogens with zero attached hydrogens (tertiary/aromatic N) is 1. The molecule has 0 aliphatic heterocycles. The van der Waals surface area contributed by atoms with Gasteiger partial charge in [0.25, 0.3) is 5.82 Å². The summed E-state index contributed by atoms with van der Waals surface area (Å²) in [6.45, 7) is 2.00. The SMILES string of the molecule is C/C=C/c1[nH]cc[n+]1C. The monoisotopic (exact) mass is 123 g/mol. The summed E-state index contributed by atoms with van der Waals surface area (Å²) in [5.74, 6) is 1.12. The van der Waals surface area contributed by atoms with E-state index in [1.807, 2.05) is 43.1 Å². The molecule has 2 heteroatoms. The number of H-pyrrole nitrogens is 1. The zero-order chi connectivity index (χ0) is 6.69. The lowest BCUT2D eigenvalue weighted by Gasteiger charge is -1.81. The van der Waals surface area contributed by atoms with E-state index in [4.69, 9.17) is 0 Å². The molecule has 1 N–H and O–H groups in total. The fourth-order valence-corrected chi connectivity index (χ4v) is 0.740. The molecular formula is C7H11N2+. The molecule has 0 spiro atoms. The fourth-order valence-electron chi connectivity index (χ4n) is 0.740. The molecule has 0 unspecified atom stereocenters. The third kappa shape index (κ3) is 1.19. The van der Waals surface area contributed by atoms with Gasteiger partial charge in [-0.25, -0.2) is 9.55 Å². The first-order valence-electron chi connectivity index (χ1n) is 3.00. The maximum Gasteiger partial charge on any atom is 0.278 e. The largest absolute Gasteiger partial charge is 0.278 e. The summed E-state index contributed by atoms with van der Waals surface area (Å²) in [6.07, 6.45) is 7.93. The Kier molecular flexibility index (Phi) is 1.68. The van der Waals surface area contributed by atoms with E-state index in [1.165, 1.54) is 0 Å². The van der Waals surface area contributed by atoms with Crippen LogP contribution >= 0.6 is 0 Å². The number of aromatic nitrogens is 2. The molecule has 48 valence electrons. The van der Waals surface area contributed by atoms with Crippen molar-refractivity contribution in [2.24, 2.45) is 7.05 Å². The minimum absolute atomic E-state index is 1.12. The Balaban J connectivity index is 2.94. The summed E-state index contributed by atoms with van der Waals surface area (Å²) in [6, 6.07) is 0. The van der Waals surface area contributed by atoms with Gasteiger partial charge in [-0.05, 0) is 6.92 Å². The molecule has 0 aliphatic rings. The second kappa shape index (κ2) is 2.49. The Morgan fingerprint density at radius 2 is 2.44 bits per heavy atom. The molecule has 1 rings (SSSR count). The van der Waals surface area contributed by atoms with Crippen molar-refractivity contribution in [3.05, 3.63) is 24.3 Å². The normalized spacial score (nSPS) is 10.9. The quantitative estimate of drug-likeness (QED) is 0.535. The predicted octanol–water partition coefficient (Wildman–Crippen LogP) is 0.872. The number of hydrogen-bond acceptors (Lipinski definition) is 0. The molecule has 2 nitrogen and oxygen atoms in total. The topological polar surface area (TPSA) is 19.7 Å². The maximum absolute atomic E-state index is 3.08. The van der Waals surface area contributed by atoms with E-state index in [0.717, 1.165) is 5.82 Å². The number of aromatic amines is 1. The highest BCUT2D eigenvalue weighted by Gasteiger charge is 1.97. The van der Waals surface area contributed by atoms with Gasteiger partial charge in [-0.2, -0.15) is 0 Å². The number of hydrogen-bond donors (Lipinski definition) is 1. The predicted molar refractivity (Wildman–Crippen MR) is 36.7 cm³/mol. The van der Waals surface area contributed by atoms with Crippen LogP contribution in [-0.2, 0) is 7.05 Å².